The van der Waals surface area contributed by atoms with Crippen LogP contribution in [0.4, 0.5) is 0 Å². The molecule has 0 aromatic heterocycles. The lowest BCUT2D eigenvalue weighted by molar-refractivity contribution is 0.0955. The minimum Gasteiger partial charge on any atom is -0.497 e. The monoisotopic (exact) mass is 330 g/mol. The van der Waals surface area contributed by atoms with Crippen LogP contribution in [0.1, 0.15) is 24.2 Å². The molecule has 0 atom stereocenters. The van der Waals surface area contributed by atoms with Crippen LogP contribution in [0.25, 0.3) is 0 Å². The van der Waals surface area contributed by atoms with Crippen molar-refractivity contribution in [2.45, 2.75) is 19.9 Å². The van der Waals surface area contributed by atoms with Crippen molar-refractivity contribution < 1.29 is 22.7 Å². The molecule has 0 saturated heterocycles. The summed E-state index contributed by atoms with van der Waals surface area (Å²) in [6, 6.07) is 4.58. The first-order valence-electron chi connectivity index (χ1n) is 6.78. The van der Waals surface area contributed by atoms with E-state index in [-0.39, 0.29) is 18.3 Å². The van der Waals surface area contributed by atoms with E-state index >= 15 is 0 Å². The number of hydrogen-bond acceptors (Lipinski definition) is 5. The largest absolute Gasteiger partial charge is 0.497 e. The molecule has 1 aromatic rings. The van der Waals surface area contributed by atoms with Crippen molar-refractivity contribution in [1.29, 1.82) is 0 Å². The number of carbonyl (C=O) groups excluding carboxylic acids is 1. The fraction of sp³-hybridized carbons (Fsp3) is 0.500. The summed E-state index contributed by atoms with van der Waals surface area (Å²) >= 11 is 0. The van der Waals surface area contributed by atoms with Gasteiger partial charge in [-0.2, -0.15) is 0 Å². The summed E-state index contributed by atoms with van der Waals surface area (Å²) in [6.07, 6.45) is 0. The van der Waals surface area contributed by atoms with Gasteiger partial charge in [0.15, 0.2) is 0 Å². The number of methoxy groups -OCH3 is 2. The lowest BCUT2D eigenvalue weighted by Gasteiger charge is -2.11. The zero-order valence-corrected chi connectivity index (χ0v) is 14.0. The Morgan fingerprint density at radius 1 is 1.14 bits per heavy atom. The van der Waals surface area contributed by atoms with E-state index in [2.05, 4.69) is 10.0 Å². The van der Waals surface area contributed by atoms with Crippen LogP contribution < -0.4 is 19.5 Å². The first-order chi connectivity index (χ1) is 10.3. The second kappa shape index (κ2) is 8.00. The summed E-state index contributed by atoms with van der Waals surface area (Å²) in [5, 5.41) is 2.56. The highest BCUT2D eigenvalue weighted by Gasteiger charge is 2.14. The molecule has 1 amide bonds. The molecular weight excluding hydrogens is 308 g/mol. The number of nitrogens with one attached hydrogen (secondary N) is 2. The SMILES string of the molecule is COc1cc(OC)cc(C(=O)NCCS(=O)(=O)NC(C)C)c1. The third-order valence-corrected chi connectivity index (χ3v) is 4.26. The van der Waals surface area contributed by atoms with Crippen molar-refractivity contribution in [3.63, 3.8) is 0 Å². The van der Waals surface area contributed by atoms with Gasteiger partial charge in [-0.15, -0.1) is 0 Å². The number of sulfonamides is 1. The van der Waals surface area contributed by atoms with E-state index in [4.69, 9.17) is 9.47 Å². The molecule has 0 aliphatic carbocycles. The predicted octanol–water partition coefficient (Wildman–Crippen LogP) is 0.761. The summed E-state index contributed by atoms with van der Waals surface area (Å²) in [5.74, 6) is 0.395. The van der Waals surface area contributed by atoms with E-state index < -0.39 is 15.9 Å². The number of benzene rings is 1. The van der Waals surface area contributed by atoms with E-state index in [1.54, 1.807) is 32.0 Å². The van der Waals surface area contributed by atoms with Gasteiger partial charge >= 0.3 is 0 Å². The Morgan fingerprint density at radius 3 is 2.14 bits per heavy atom. The number of rotatable bonds is 8. The normalized spacial score (nSPS) is 11.3. The predicted molar refractivity (Wildman–Crippen MR) is 83.9 cm³/mol. The maximum Gasteiger partial charge on any atom is 0.251 e. The highest BCUT2D eigenvalue weighted by atomic mass is 32.2. The molecule has 0 unspecified atom stereocenters. The van der Waals surface area contributed by atoms with Gasteiger partial charge in [-0.05, 0) is 26.0 Å². The zero-order valence-electron chi connectivity index (χ0n) is 13.2. The topological polar surface area (TPSA) is 93.7 Å². The van der Waals surface area contributed by atoms with Crippen LogP contribution in [-0.2, 0) is 10.0 Å². The van der Waals surface area contributed by atoms with Crippen LogP contribution >= 0.6 is 0 Å². The molecule has 0 heterocycles. The molecule has 0 spiro atoms. The highest BCUT2D eigenvalue weighted by Crippen LogP contribution is 2.22. The Morgan fingerprint density at radius 2 is 1.68 bits per heavy atom. The van der Waals surface area contributed by atoms with Gasteiger partial charge < -0.3 is 14.8 Å². The summed E-state index contributed by atoms with van der Waals surface area (Å²) in [5.41, 5.74) is 0.338. The number of ether oxygens (including phenoxy) is 2. The molecule has 0 aliphatic rings. The first kappa shape index (κ1) is 18.2. The van der Waals surface area contributed by atoms with E-state index in [1.807, 2.05) is 0 Å². The summed E-state index contributed by atoms with van der Waals surface area (Å²) < 4.78 is 35.9. The Kier molecular flexibility index (Phi) is 6.63. The van der Waals surface area contributed by atoms with Crippen LogP contribution in [0, 0.1) is 0 Å². The van der Waals surface area contributed by atoms with Crippen molar-refractivity contribution in [2.75, 3.05) is 26.5 Å². The zero-order chi connectivity index (χ0) is 16.8. The van der Waals surface area contributed by atoms with Crippen LogP contribution in [-0.4, -0.2) is 46.9 Å². The summed E-state index contributed by atoms with van der Waals surface area (Å²) in [7, 11) is -0.425. The minimum absolute atomic E-state index is 0.0143. The van der Waals surface area contributed by atoms with Crippen LogP contribution in [0.2, 0.25) is 0 Å². The molecule has 1 aromatic carbocycles. The van der Waals surface area contributed by atoms with E-state index in [1.165, 1.54) is 14.2 Å². The molecule has 22 heavy (non-hydrogen) atoms. The van der Waals surface area contributed by atoms with Crippen molar-refractivity contribution in [3.8, 4) is 11.5 Å². The van der Waals surface area contributed by atoms with E-state index in [9.17, 15) is 13.2 Å². The van der Waals surface area contributed by atoms with Gasteiger partial charge in [0.25, 0.3) is 5.91 Å². The van der Waals surface area contributed by atoms with Crippen molar-refractivity contribution in [2.24, 2.45) is 0 Å². The maximum absolute atomic E-state index is 12.1. The van der Waals surface area contributed by atoms with Gasteiger partial charge in [-0.1, -0.05) is 0 Å². The molecule has 7 nitrogen and oxygen atoms in total. The molecule has 124 valence electrons. The molecule has 0 fully saturated rings. The average molecular weight is 330 g/mol. The molecule has 0 radical (unpaired) electrons. The molecule has 8 heteroatoms. The lowest BCUT2D eigenvalue weighted by Crippen LogP contribution is -2.37. The molecular formula is C14H22N2O5S. The van der Waals surface area contributed by atoms with Gasteiger partial charge in [-0.3, -0.25) is 4.79 Å². The van der Waals surface area contributed by atoms with E-state index in [0.717, 1.165) is 0 Å². The third kappa shape index (κ3) is 5.90. The van der Waals surface area contributed by atoms with Crippen LogP contribution in [0.5, 0.6) is 11.5 Å². The fourth-order valence-electron chi connectivity index (χ4n) is 1.76. The number of amides is 1. The second-order valence-electron chi connectivity index (χ2n) is 4.95. The van der Waals surface area contributed by atoms with Gasteiger partial charge in [0, 0.05) is 24.2 Å². The van der Waals surface area contributed by atoms with Crippen molar-refractivity contribution in [1.82, 2.24) is 10.0 Å². The van der Waals surface area contributed by atoms with Gasteiger partial charge in [0.05, 0.1) is 20.0 Å². The molecule has 0 aliphatic heterocycles. The van der Waals surface area contributed by atoms with Gasteiger partial charge in [-0.25, -0.2) is 13.1 Å². The second-order valence-corrected chi connectivity index (χ2v) is 6.82. The van der Waals surface area contributed by atoms with Crippen molar-refractivity contribution >= 4 is 15.9 Å². The Bertz CT molecular complexity index is 591. The Balaban J connectivity index is 2.66. The van der Waals surface area contributed by atoms with Crippen molar-refractivity contribution in [3.05, 3.63) is 23.8 Å². The first-order valence-corrected chi connectivity index (χ1v) is 8.44. The highest BCUT2D eigenvalue weighted by molar-refractivity contribution is 7.89. The van der Waals surface area contributed by atoms with Gasteiger partial charge in [0.2, 0.25) is 10.0 Å². The third-order valence-electron chi connectivity index (χ3n) is 2.69. The smallest absolute Gasteiger partial charge is 0.251 e. The molecule has 0 bridgehead atoms. The Hall–Kier alpha value is -1.80. The standard InChI is InChI=1S/C14H22N2O5S/c1-10(2)16-22(18,19)6-5-15-14(17)11-7-12(20-3)9-13(8-11)21-4/h7-10,16H,5-6H2,1-4H3,(H,15,17). The average Bonchev–Trinajstić information content (AvgIpc) is 2.44. The van der Waals surface area contributed by atoms with Gasteiger partial charge in [0.1, 0.15) is 11.5 Å². The molecule has 0 saturated carbocycles. The Labute approximate surface area is 131 Å². The summed E-state index contributed by atoms with van der Waals surface area (Å²) in [6.45, 7) is 3.48. The van der Waals surface area contributed by atoms with Crippen LogP contribution in [0.3, 0.4) is 0 Å². The lowest BCUT2D eigenvalue weighted by atomic mass is 10.2. The number of carbonyl (C=O) groups is 1. The quantitative estimate of drug-likeness (QED) is 0.734. The summed E-state index contributed by atoms with van der Waals surface area (Å²) in [4.78, 5) is 12.1. The molecule has 2 N–H and O–H groups in total. The molecule has 1 rings (SSSR count). The number of hydrogen-bond donors (Lipinski definition) is 2. The van der Waals surface area contributed by atoms with Crippen LogP contribution in [0.15, 0.2) is 18.2 Å². The maximum atomic E-state index is 12.1. The fourth-order valence-corrected chi connectivity index (χ4v) is 2.96. The van der Waals surface area contributed by atoms with E-state index in [0.29, 0.717) is 17.1 Å². The minimum atomic E-state index is -3.40.